The summed E-state index contributed by atoms with van der Waals surface area (Å²) in [5.74, 6) is 1.51. The average Bonchev–Trinajstić information content (AvgIpc) is 2.92. The van der Waals surface area contributed by atoms with Crippen LogP contribution >= 0.6 is 0 Å². The van der Waals surface area contributed by atoms with Gasteiger partial charge in [-0.3, -0.25) is 4.79 Å². The van der Waals surface area contributed by atoms with Crippen LogP contribution in [0.2, 0.25) is 0 Å². The highest BCUT2D eigenvalue weighted by Gasteiger charge is 2.26. The van der Waals surface area contributed by atoms with Gasteiger partial charge in [-0.15, -0.1) is 0 Å². The molecule has 0 fully saturated rings. The number of nitrogens with zero attached hydrogens (tertiary/aromatic N) is 2. The zero-order valence-corrected chi connectivity index (χ0v) is 12.6. The van der Waals surface area contributed by atoms with E-state index in [9.17, 15) is 4.79 Å². The summed E-state index contributed by atoms with van der Waals surface area (Å²) in [6, 6.07) is 7.55. The van der Waals surface area contributed by atoms with E-state index in [0.29, 0.717) is 12.4 Å². The Balaban J connectivity index is 2.21. The van der Waals surface area contributed by atoms with E-state index in [0.717, 1.165) is 17.8 Å². The number of carbonyl (C=O) groups excluding carboxylic acids is 1. The van der Waals surface area contributed by atoms with Crippen LogP contribution in [0.1, 0.15) is 19.7 Å². The molecule has 0 N–H and O–H groups in total. The monoisotopic (exact) mass is 288 g/mol. The van der Waals surface area contributed by atoms with Crippen molar-refractivity contribution in [2.24, 2.45) is 0 Å². The summed E-state index contributed by atoms with van der Waals surface area (Å²) in [6.45, 7) is 6.29. The maximum Gasteiger partial charge on any atom is 0.184 e. The number of hydrogen-bond donors (Lipinski definition) is 0. The van der Waals surface area contributed by atoms with Gasteiger partial charge in [-0.2, -0.15) is 0 Å². The third kappa shape index (κ3) is 3.70. The summed E-state index contributed by atoms with van der Waals surface area (Å²) in [4.78, 5) is 15.5. The SMILES string of the molecule is CCOCC(C)(C=O)Oc1cccc(-n2ccnc2C)c1. The van der Waals surface area contributed by atoms with E-state index in [1.807, 2.05) is 48.9 Å². The van der Waals surface area contributed by atoms with Crippen molar-refractivity contribution < 1.29 is 14.3 Å². The summed E-state index contributed by atoms with van der Waals surface area (Å²) in [6.07, 6.45) is 4.40. The quantitative estimate of drug-likeness (QED) is 0.735. The van der Waals surface area contributed by atoms with E-state index in [1.54, 1.807) is 13.1 Å². The topological polar surface area (TPSA) is 53.4 Å². The molecule has 2 aromatic rings. The maximum atomic E-state index is 11.3. The number of aromatic nitrogens is 2. The first-order valence-corrected chi connectivity index (χ1v) is 6.91. The normalized spacial score (nSPS) is 13.7. The lowest BCUT2D eigenvalue weighted by Crippen LogP contribution is -2.39. The van der Waals surface area contributed by atoms with Crippen LogP contribution in [0.5, 0.6) is 5.75 Å². The molecule has 1 aromatic carbocycles. The molecule has 0 saturated carbocycles. The van der Waals surface area contributed by atoms with E-state index >= 15 is 0 Å². The molecule has 1 unspecified atom stereocenters. The molecule has 5 heteroatoms. The van der Waals surface area contributed by atoms with E-state index in [-0.39, 0.29) is 6.61 Å². The fourth-order valence-corrected chi connectivity index (χ4v) is 2.01. The molecule has 0 aliphatic heterocycles. The molecule has 0 spiro atoms. The van der Waals surface area contributed by atoms with Gasteiger partial charge >= 0.3 is 0 Å². The van der Waals surface area contributed by atoms with Crippen molar-refractivity contribution in [1.82, 2.24) is 9.55 Å². The summed E-state index contributed by atoms with van der Waals surface area (Å²) in [7, 11) is 0. The number of aldehydes is 1. The highest BCUT2D eigenvalue weighted by molar-refractivity contribution is 5.63. The second kappa shape index (κ2) is 6.54. The molecule has 0 bridgehead atoms. The molecule has 0 aliphatic carbocycles. The van der Waals surface area contributed by atoms with Gasteiger partial charge < -0.3 is 14.0 Å². The molecule has 21 heavy (non-hydrogen) atoms. The molecule has 0 radical (unpaired) electrons. The van der Waals surface area contributed by atoms with Crippen molar-refractivity contribution in [1.29, 1.82) is 0 Å². The van der Waals surface area contributed by atoms with Gasteiger partial charge in [0, 0.05) is 25.1 Å². The van der Waals surface area contributed by atoms with Crippen LogP contribution < -0.4 is 4.74 Å². The van der Waals surface area contributed by atoms with Gasteiger partial charge in [0.25, 0.3) is 0 Å². The molecule has 1 heterocycles. The molecule has 0 aliphatic rings. The number of hydrogen-bond acceptors (Lipinski definition) is 4. The number of ether oxygens (including phenoxy) is 2. The van der Waals surface area contributed by atoms with Crippen LogP contribution in [0, 0.1) is 6.92 Å². The lowest BCUT2D eigenvalue weighted by molar-refractivity contribution is -0.125. The van der Waals surface area contributed by atoms with Crippen LogP contribution in [-0.2, 0) is 9.53 Å². The number of benzene rings is 1. The third-order valence-corrected chi connectivity index (χ3v) is 3.11. The van der Waals surface area contributed by atoms with Crippen molar-refractivity contribution >= 4 is 6.29 Å². The van der Waals surface area contributed by atoms with E-state index < -0.39 is 5.60 Å². The molecule has 5 nitrogen and oxygen atoms in total. The predicted molar refractivity (Wildman–Crippen MR) is 79.9 cm³/mol. The molecule has 0 amide bonds. The Kier molecular flexibility index (Phi) is 4.75. The summed E-state index contributed by atoms with van der Waals surface area (Å²) in [5.41, 5.74) is -0.0503. The number of aryl methyl sites for hydroxylation is 1. The molecular weight excluding hydrogens is 268 g/mol. The van der Waals surface area contributed by atoms with Gasteiger partial charge in [0.15, 0.2) is 11.9 Å². The first-order chi connectivity index (χ1) is 10.1. The molecule has 1 atom stereocenters. The van der Waals surface area contributed by atoms with Crippen molar-refractivity contribution in [2.45, 2.75) is 26.4 Å². The Morgan fingerprint density at radius 1 is 1.43 bits per heavy atom. The van der Waals surface area contributed by atoms with E-state index in [2.05, 4.69) is 4.98 Å². The van der Waals surface area contributed by atoms with Crippen LogP contribution in [0.25, 0.3) is 5.69 Å². The van der Waals surface area contributed by atoms with E-state index in [1.165, 1.54) is 0 Å². The standard InChI is InChI=1S/C16H20N2O3/c1-4-20-12-16(3,11-19)21-15-7-5-6-14(10-15)18-9-8-17-13(18)2/h5-11H,4,12H2,1-3H3. The second-order valence-electron chi connectivity index (χ2n) is 5.01. The van der Waals surface area contributed by atoms with E-state index in [4.69, 9.17) is 9.47 Å². The lowest BCUT2D eigenvalue weighted by atomic mass is 10.1. The van der Waals surface area contributed by atoms with Gasteiger partial charge in [-0.25, -0.2) is 4.98 Å². The van der Waals surface area contributed by atoms with Crippen molar-refractivity contribution in [3.63, 3.8) is 0 Å². The first-order valence-electron chi connectivity index (χ1n) is 6.91. The molecule has 0 saturated heterocycles. The minimum absolute atomic E-state index is 0.224. The highest BCUT2D eigenvalue weighted by atomic mass is 16.5. The van der Waals surface area contributed by atoms with Gasteiger partial charge in [0.05, 0.1) is 12.3 Å². The zero-order chi connectivity index (χ0) is 15.3. The lowest BCUT2D eigenvalue weighted by Gasteiger charge is -2.24. The first kappa shape index (κ1) is 15.3. The Labute approximate surface area is 124 Å². The largest absolute Gasteiger partial charge is 0.478 e. The Bertz CT molecular complexity index is 609. The van der Waals surface area contributed by atoms with Crippen LogP contribution in [0.4, 0.5) is 0 Å². The van der Waals surface area contributed by atoms with Gasteiger partial charge in [0.1, 0.15) is 11.6 Å². The molecule has 112 valence electrons. The smallest absolute Gasteiger partial charge is 0.184 e. The van der Waals surface area contributed by atoms with Crippen LogP contribution in [0.3, 0.4) is 0 Å². The second-order valence-corrected chi connectivity index (χ2v) is 5.01. The van der Waals surface area contributed by atoms with Gasteiger partial charge in [0.2, 0.25) is 0 Å². The zero-order valence-electron chi connectivity index (χ0n) is 12.6. The third-order valence-electron chi connectivity index (χ3n) is 3.11. The van der Waals surface area contributed by atoms with Crippen LogP contribution in [-0.4, -0.2) is 34.7 Å². The number of carbonyl (C=O) groups is 1. The van der Waals surface area contributed by atoms with Gasteiger partial charge in [-0.05, 0) is 32.9 Å². The maximum absolute atomic E-state index is 11.3. The average molecular weight is 288 g/mol. The van der Waals surface area contributed by atoms with Gasteiger partial charge in [-0.1, -0.05) is 6.07 Å². The minimum atomic E-state index is -0.987. The molecule has 1 aromatic heterocycles. The summed E-state index contributed by atoms with van der Waals surface area (Å²) >= 11 is 0. The minimum Gasteiger partial charge on any atom is -0.478 e. The highest BCUT2D eigenvalue weighted by Crippen LogP contribution is 2.22. The summed E-state index contributed by atoms with van der Waals surface area (Å²) in [5, 5.41) is 0. The van der Waals surface area contributed by atoms with Crippen molar-refractivity contribution in [3.05, 3.63) is 42.5 Å². The Morgan fingerprint density at radius 3 is 2.86 bits per heavy atom. The Hall–Kier alpha value is -2.14. The summed E-state index contributed by atoms with van der Waals surface area (Å²) < 4.78 is 13.1. The molecule has 2 rings (SSSR count). The fourth-order valence-electron chi connectivity index (χ4n) is 2.01. The molecular formula is C16H20N2O3. The predicted octanol–water partition coefficient (Wildman–Crippen LogP) is 2.55. The number of imidazole rings is 1. The van der Waals surface area contributed by atoms with Crippen molar-refractivity contribution in [3.8, 4) is 11.4 Å². The Morgan fingerprint density at radius 2 is 2.24 bits per heavy atom. The van der Waals surface area contributed by atoms with Crippen molar-refractivity contribution in [2.75, 3.05) is 13.2 Å². The number of rotatable bonds is 7. The fraction of sp³-hybridized carbons (Fsp3) is 0.375. The van der Waals surface area contributed by atoms with Crippen LogP contribution in [0.15, 0.2) is 36.7 Å².